The molecule has 1 aromatic carbocycles. The summed E-state index contributed by atoms with van der Waals surface area (Å²) in [5.74, 6) is 0.351. The van der Waals surface area contributed by atoms with Gasteiger partial charge >= 0.3 is 13.0 Å². The molecule has 0 unspecified atom stereocenters. The summed E-state index contributed by atoms with van der Waals surface area (Å²) in [5.41, 5.74) is 1.21. The standard InChI is InChI=1S/C25H41BFNO3/c1-17-14-18(16-28(10)22(29)30-23(2,3)4)15-20(27)21(17)26(9)31-25(7,8)24(5,6)19-12-11-13-19/h14-15,19H,11-13,16H2,1-10H3. The van der Waals surface area contributed by atoms with E-state index in [2.05, 4.69) is 27.7 Å². The molecule has 0 atom stereocenters. The van der Waals surface area contributed by atoms with Crippen molar-refractivity contribution >= 4 is 18.5 Å². The molecule has 4 nitrogen and oxygen atoms in total. The van der Waals surface area contributed by atoms with Crippen LogP contribution in [0.3, 0.4) is 0 Å². The van der Waals surface area contributed by atoms with Gasteiger partial charge in [0.2, 0.25) is 0 Å². The summed E-state index contributed by atoms with van der Waals surface area (Å²) < 4.78 is 27.1. The van der Waals surface area contributed by atoms with Crippen LogP contribution in [0.1, 0.15) is 78.9 Å². The lowest BCUT2D eigenvalue weighted by molar-refractivity contribution is -0.0707. The van der Waals surface area contributed by atoms with Crippen LogP contribution >= 0.6 is 0 Å². The van der Waals surface area contributed by atoms with Gasteiger partial charge in [0.15, 0.2) is 0 Å². The van der Waals surface area contributed by atoms with Crippen molar-refractivity contribution in [1.82, 2.24) is 4.90 Å². The molecule has 1 aliphatic rings. The first-order chi connectivity index (χ1) is 14.0. The highest BCUT2D eigenvalue weighted by atomic mass is 19.1. The van der Waals surface area contributed by atoms with Crippen LogP contribution in [0.4, 0.5) is 9.18 Å². The molecule has 1 fully saturated rings. The first-order valence-electron chi connectivity index (χ1n) is 11.5. The second-order valence-electron chi connectivity index (χ2n) is 11.3. The largest absolute Gasteiger partial charge is 0.444 e. The van der Waals surface area contributed by atoms with Gasteiger partial charge in [-0.3, -0.25) is 0 Å². The number of amides is 1. The van der Waals surface area contributed by atoms with Gasteiger partial charge in [-0.25, -0.2) is 9.18 Å². The first kappa shape index (κ1) is 25.7. The minimum atomic E-state index is -0.566. The molecule has 0 heterocycles. The van der Waals surface area contributed by atoms with E-state index in [1.165, 1.54) is 30.2 Å². The van der Waals surface area contributed by atoms with E-state index < -0.39 is 11.7 Å². The van der Waals surface area contributed by atoms with Gasteiger partial charge in [0.05, 0.1) is 5.60 Å². The zero-order valence-electron chi connectivity index (χ0n) is 21.2. The number of nitrogens with zero attached hydrogens (tertiary/aromatic N) is 1. The van der Waals surface area contributed by atoms with E-state index in [4.69, 9.17) is 9.39 Å². The van der Waals surface area contributed by atoms with Crippen molar-refractivity contribution in [3.63, 3.8) is 0 Å². The van der Waals surface area contributed by atoms with Crippen LogP contribution in [0.5, 0.6) is 0 Å². The van der Waals surface area contributed by atoms with Gasteiger partial charge in [-0.15, -0.1) is 0 Å². The van der Waals surface area contributed by atoms with E-state index in [9.17, 15) is 4.79 Å². The van der Waals surface area contributed by atoms with Gasteiger partial charge in [-0.05, 0) is 82.8 Å². The Hall–Kier alpha value is -1.56. The average molecular weight is 433 g/mol. The van der Waals surface area contributed by atoms with E-state index in [0.29, 0.717) is 11.4 Å². The summed E-state index contributed by atoms with van der Waals surface area (Å²) in [6, 6.07) is 3.44. The Morgan fingerprint density at radius 3 is 2.19 bits per heavy atom. The Balaban J connectivity index is 2.15. The third kappa shape index (κ3) is 6.03. The lowest BCUT2D eigenvalue weighted by Gasteiger charge is -2.51. The molecule has 0 N–H and O–H groups in total. The minimum Gasteiger partial charge on any atom is -0.444 e. The Labute approximate surface area is 189 Å². The molecule has 1 aliphatic carbocycles. The number of halogens is 1. The normalized spacial score (nSPS) is 15.5. The fourth-order valence-electron chi connectivity index (χ4n) is 4.38. The Bertz CT molecular complexity index is 773. The number of carbonyl (C=O) groups excluding carboxylic acids is 1. The molecule has 2 rings (SSSR count). The molecule has 31 heavy (non-hydrogen) atoms. The highest BCUT2D eigenvalue weighted by molar-refractivity contribution is 6.66. The second kappa shape index (κ2) is 9.13. The van der Waals surface area contributed by atoms with Gasteiger partial charge in [0.1, 0.15) is 11.4 Å². The topological polar surface area (TPSA) is 38.8 Å². The Kier molecular flexibility index (Phi) is 7.57. The monoisotopic (exact) mass is 433 g/mol. The van der Waals surface area contributed by atoms with Crippen LogP contribution in [0.25, 0.3) is 0 Å². The number of rotatable bonds is 7. The summed E-state index contributed by atoms with van der Waals surface area (Å²) >= 11 is 0. The number of carbonyl (C=O) groups is 1. The number of benzene rings is 1. The SMILES string of the molecule is CB(OC(C)(C)C(C)(C)C1CCC1)c1c(C)cc(CN(C)C(=O)OC(C)(C)C)cc1F. The maximum absolute atomic E-state index is 15.2. The molecule has 0 aliphatic heterocycles. The average Bonchev–Trinajstić information content (AvgIpc) is 2.49. The number of ether oxygens (including phenoxy) is 1. The predicted molar refractivity (Wildman–Crippen MR) is 126 cm³/mol. The summed E-state index contributed by atoms with van der Waals surface area (Å²) in [7, 11) is 1.66. The van der Waals surface area contributed by atoms with Gasteiger partial charge in [-0.1, -0.05) is 38.7 Å². The molecular formula is C25H41BFNO3. The van der Waals surface area contributed by atoms with E-state index >= 15 is 4.39 Å². The predicted octanol–water partition coefficient (Wildman–Crippen LogP) is 5.95. The van der Waals surface area contributed by atoms with Crippen LogP contribution in [0.15, 0.2) is 12.1 Å². The lowest BCUT2D eigenvalue weighted by atomic mass is 9.56. The minimum absolute atomic E-state index is 0.0138. The fraction of sp³-hybridized carbons (Fsp3) is 0.720. The molecular weight excluding hydrogens is 392 g/mol. The van der Waals surface area contributed by atoms with Crippen molar-refractivity contribution in [2.24, 2.45) is 11.3 Å². The van der Waals surface area contributed by atoms with Gasteiger partial charge < -0.3 is 14.3 Å². The van der Waals surface area contributed by atoms with Crippen LogP contribution in [-0.2, 0) is 15.9 Å². The number of hydrogen-bond acceptors (Lipinski definition) is 3. The maximum atomic E-state index is 15.2. The van der Waals surface area contributed by atoms with E-state index in [1.807, 2.05) is 40.6 Å². The molecule has 0 radical (unpaired) electrons. The van der Waals surface area contributed by atoms with E-state index in [1.54, 1.807) is 7.05 Å². The zero-order chi connectivity index (χ0) is 23.8. The van der Waals surface area contributed by atoms with Crippen molar-refractivity contribution in [2.75, 3.05) is 7.05 Å². The van der Waals surface area contributed by atoms with Crippen molar-refractivity contribution in [1.29, 1.82) is 0 Å². The molecule has 0 bridgehead atoms. The molecule has 174 valence electrons. The quantitative estimate of drug-likeness (QED) is 0.499. The van der Waals surface area contributed by atoms with Crippen LogP contribution in [0, 0.1) is 24.1 Å². The Morgan fingerprint density at radius 1 is 1.16 bits per heavy atom. The third-order valence-corrected chi connectivity index (χ3v) is 7.08. The van der Waals surface area contributed by atoms with Crippen molar-refractivity contribution < 1.29 is 18.6 Å². The van der Waals surface area contributed by atoms with Gasteiger partial charge in [0.25, 0.3) is 0 Å². The summed E-state index contributed by atoms with van der Waals surface area (Å²) in [4.78, 5) is 13.7. The number of hydrogen-bond donors (Lipinski definition) is 0. The van der Waals surface area contributed by atoms with E-state index in [0.717, 1.165) is 11.1 Å². The van der Waals surface area contributed by atoms with Crippen LogP contribution in [-0.4, -0.2) is 36.2 Å². The summed E-state index contributed by atoms with van der Waals surface area (Å²) in [5, 5.41) is 0. The van der Waals surface area contributed by atoms with E-state index in [-0.39, 0.29) is 30.3 Å². The van der Waals surface area contributed by atoms with Crippen molar-refractivity contribution in [2.45, 2.75) is 99.2 Å². The smallest absolute Gasteiger partial charge is 0.410 e. The van der Waals surface area contributed by atoms with Gasteiger partial charge in [-0.2, -0.15) is 0 Å². The Morgan fingerprint density at radius 2 is 1.74 bits per heavy atom. The van der Waals surface area contributed by atoms with Crippen LogP contribution in [0.2, 0.25) is 6.82 Å². The molecule has 1 aromatic rings. The molecule has 6 heteroatoms. The maximum Gasteiger partial charge on any atom is 0.410 e. The van der Waals surface area contributed by atoms with Crippen molar-refractivity contribution in [3.8, 4) is 0 Å². The zero-order valence-corrected chi connectivity index (χ0v) is 21.2. The third-order valence-electron chi connectivity index (χ3n) is 7.08. The van der Waals surface area contributed by atoms with Crippen LogP contribution < -0.4 is 5.46 Å². The highest BCUT2D eigenvalue weighted by Crippen LogP contribution is 2.49. The second-order valence-corrected chi connectivity index (χ2v) is 11.3. The molecule has 0 aromatic heterocycles. The lowest BCUT2D eigenvalue weighted by Crippen LogP contribution is -2.53. The molecule has 0 saturated heterocycles. The molecule has 0 spiro atoms. The number of aryl methyl sites for hydroxylation is 1. The molecule has 1 saturated carbocycles. The molecule has 1 amide bonds. The van der Waals surface area contributed by atoms with Crippen molar-refractivity contribution in [3.05, 3.63) is 29.1 Å². The first-order valence-corrected chi connectivity index (χ1v) is 11.5. The summed E-state index contributed by atoms with van der Waals surface area (Å²) in [6.45, 7) is 18.0. The fourth-order valence-corrected chi connectivity index (χ4v) is 4.38. The van der Waals surface area contributed by atoms with Gasteiger partial charge in [0, 0.05) is 13.6 Å². The summed E-state index contributed by atoms with van der Waals surface area (Å²) in [6.07, 6.45) is 3.33. The highest BCUT2D eigenvalue weighted by Gasteiger charge is 2.47.